The van der Waals surface area contributed by atoms with Crippen LogP contribution in [0.1, 0.15) is 42.5 Å². The number of sulfonamides is 1. The Morgan fingerprint density at radius 2 is 1.76 bits per heavy atom. The number of halogens is 1. The molecule has 6 nitrogen and oxygen atoms in total. The molecule has 37 heavy (non-hydrogen) atoms. The average molecular weight is 558 g/mol. The number of piperidine rings is 1. The minimum atomic E-state index is -3.80. The van der Waals surface area contributed by atoms with E-state index in [1.165, 1.54) is 4.88 Å². The van der Waals surface area contributed by atoms with Crippen LogP contribution in [-0.4, -0.2) is 44.4 Å². The number of benzene rings is 2. The quantitative estimate of drug-likeness (QED) is 0.398. The van der Waals surface area contributed by atoms with E-state index in [4.69, 9.17) is 11.6 Å². The molecular weight excluding hydrogens is 526 g/mol. The van der Waals surface area contributed by atoms with Crippen molar-refractivity contribution in [1.82, 2.24) is 10.2 Å². The van der Waals surface area contributed by atoms with Gasteiger partial charge in [-0.05, 0) is 79.4 Å². The Morgan fingerprint density at radius 1 is 1.00 bits per heavy atom. The highest BCUT2D eigenvalue weighted by molar-refractivity contribution is 7.92. The second-order valence-electron chi connectivity index (χ2n) is 9.73. The van der Waals surface area contributed by atoms with Gasteiger partial charge in [-0.3, -0.25) is 9.10 Å². The van der Waals surface area contributed by atoms with Gasteiger partial charge in [0.25, 0.3) is 10.0 Å². The molecule has 5 rings (SSSR count). The summed E-state index contributed by atoms with van der Waals surface area (Å²) in [6.45, 7) is 2.35. The Balaban J connectivity index is 1.23. The summed E-state index contributed by atoms with van der Waals surface area (Å²) in [5.41, 5.74) is 1.72. The monoisotopic (exact) mass is 557 g/mol. The highest BCUT2D eigenvalue weighted by atomic mass is 35.5. The molecule has 1 atom stereocenters. The maximum atomic E-state index is 13.8. The molecule has 0 spiro atoms. The normalized spacial score (nSPS) is 18.6. The predicted molar refractivity (Wildman–Crippen MR) is 150 cm³/mol. The Morgan fingerprint density at radius 3 is 2.49 bits per heavy atom. The van der Waals surface area contributed by atoms with Crippen LogP contribution in [0.25, 0.3) is 0 Å². The molecule has 3 heterocycles. The van der Waals surface area contributed by atoms with Gasteiger partial charge < -0.3 is 10.2 Å². The lowest BCUT2D eigenvalue weighted by Crippen LogP contribution is -2.46. The number of fused-ring (bicyclic) bond motifs is 1. The molecule has 0 bridgehead atoms. The number of amides is 1. The Hall–Kier alpha value is -2.39. The van der Waals surface area contributed by atoms with Crippen molar-refractivity contribution in [2.75, 3.05) is 17.4 Å². The summed E-state index contributed by atoms with van der Waals surface area (Å²) in [5, 5.41) is 6.19. The Kier molecular flexibility index (Phi) is 8.19. The fraction of sp³-hybridized carbons (Fsp3) is 0.393. The molecule has 3 aromatic rings. The predicted octanol–water partition coefficient (Wildman–Crippen LogP) is 5.47. The van der Waals surface area contributed by atoms with Gasteiger partial charge in [-0.15, -0.1) is 11.3 Å². The first-order valence-corrected chi connectivity index (χ1v) is 15.5. The van der Waals surface area contributed by atoms with E-state index in [0.29, 0.717) is 36.0 Å². The number of carbonyl (C=O) groups is 1. The van der Waals surface area contributed by atoms with Gasteiger partial charge in [-0.2, -0.15) is 0 Å². The lowest BCUT2D eigenvalue weighted by Gasteiger charge is -2.38. The van der Waals surface area contributed by atoms with Crippen molar-refractivity contribution >= 4 is 44.6 Å². The standard InChI is InChI=1S/C28H32ClN3O3S2/c29-22-8-12-26(13-9-22)37(34,35)32-24(10-7-21-4-1-2-6-27(21)32)11-14-28(33)31-17-15-23(16-18-31)30-20-25-5-3-19-36-25/h1-6,8-9,12-13,19,23-24,30H,7,10-11,14-18,20H2. The fourth-order valence-electron chi connectivity index (χ4n) is 5.32. The topological polar surface area (TPSA) is 69.7 Å². The third-order valence-corrected chi connectivity index (χ3v) is 10.4. The highest BCUT2D eigenvalue weighted by Crippen LogP contribution is 2.37. The van der Waals surface area contributed by atoms with Crippen LogP contribution >= 0.6 is 22.9 Å². The number of likely N-dealkylation sites (tertiary alicyclic amines) is 1. The maximum Gasteiger partial charge on any atom is 0.264 e. The molecule has 1 N–H and O–H groups in total. The van der Waals surface area contributed by atoms with Crippen LogP contribution in [0.4, 0.5) is 5.69 Å². The molecule has 2 aliphatic heterocycles. The second kappa shape index (κ2) is 11.6. The van der Waals surface area contributed by atoms with Gasteiger partial charge in [-0.1, -0.05) is 35.9 Å². The molecule has 0 aliphatic carbocycles. The lowest BCUT2D eigenvalue weighted by molar-refractivity contribution is -0.132. The molecule has 2 aliphatic rings. The summed E-state index contributed by atoms with van der Waals surface area (Å²) < 4.78 is 29.1. The first-order valence-electron chi connectivity index (χ1n) is 12.8. The molecule has 1 fully saturated rings. The molecule has 1 amide bonds. The van der Waals surface area contributed by atoms with Gasteiger partial charge in [-0.25, -0.2) is 8.42 Å². The summed E-state index contributed by atoms with van der Waals surface area (Å²) in [7, 11) is -3.80. The summed E-state index contributed by atoms with van der Waals surface area (Å²) in [6.07, 6.45) is 4.19. The number of anilines is 1. The summed E-state index contributed by atoms with van der Waals surface area (Å²) in [6, 6.07) is 18.3. The molecular formula is C28H32ClN3O3S2. The van der Waals surface area contributed by atoms with Gasteiger partial charge in [0.2, 0.25) is 5.91 Å². The van der Waals surface area contributed by atoms with Crippen molar-refractivity contribution in [2.24, 2.45) is 0 Å². The molecule has 0 radical (unpaired) electrons. The number of nitrogens with zero attached hydrogens (tertiary/aromatic N) is 2. The maximum absolute atomic E-state index is 13.8. The van der Waals surface area contributed by atoms with E-state index in [2.05, 4.69) is 22.8 Å². The number of rotatable bonds is 8. The molecule has 0 saturated carbocycles. The molecule has 2 aromatic carbocycles. The molecule has 1 unspecified atom stereocenters. The minimum absolute atomic E-state index is 0.111. The largest absolute Gasteiger partial charge is 0.343 e. The number of aryl methyl sites for hydroxylation is 1. The van der Waals surface area contributed by atoms with Crippen LogP contribution in [0.15, 0.2) is 70.9 Å². The van der Waals surface area contributed by atoms with Crippen LogP contribution in [0.5, 0.6) is 0 Å². The van der Waals surface area contributed by atoms with E-state index in [9.17, 15) is 13.2 Å². The highest BCUT2D eigenvalue weighted by Gasteiger charge is 2.36. The number of para-hydroxylation sites is 1. The molecule has 196 valence electrons. The SMILES string of the molecule is O=C(CCC1CCc2ccccc2N1S(=O)(=O)c1ccc(Cl)cc1)N1CCC(NCc2cccs2)CC1. The first-order chi connectivity index (χ1) is 17.9. The third kappa shape index (κ3) is 6.03. The van der Waals surface area contributed by atoms with Gasteiger partial charge >= 0.3 is 0 Å². The fourth-order valence-corrected chi connectivity index (χ4v) is 7.85. The minimum Gasteiger partial charge on any atom is -0.343 e. The van der Waals surface area contributed by atoms with E-state index in [-0.39, 0.29) is 16.8 Å². The van der Waals surface area contributed by atoms with Crippen molar-refractivity contribution in [3.8, 4) is 0 Å². The van der Waals surface area contributed by atoms with Crippen molar-refractivity contribution in [1.29, 1.82) is 0 Å². The van der Waals surface area contributed by atoms with Crippen LogP contribution in [0.3, 0.4) is 0 Å². The lowest BCUT2D eigenvalue weighted by atomic mass is 9.95. The zero-order chi connectivity index (χ0) is 25.8. The average Bonchev–Trinajstić information content (AvgIpc) is 3.44. The second-order valence-corrected chi connectivity index (χ2v) is 13.0. The van der Waals surface area contributed by atoms with Crippen molar-refractivity contribution < 1.29 is 13.2 Å². The number of carbonyl (C=O) groups excluding carboxylic acids is 1. The smallest absolute Gasteiger partial charge is 0.264 e. The zero-order valence-electron chi connectivity index (χ0n) is 20.7. The van der Waals surface area contributed by atoms with Crippen LogP contribution in [0, 0.1) is 0 Å². The van der Waals surface area contributed by atoms with Gasteiger partial charge in [0.15, 0.2) is 0 Å². The first kappa shape index (κ1) is 26.2. The van der Waals surface area contributed by atoms with Crippen LogP contribution < -0.4 is 9.62 Å². The molecule has 1 aromatic heterocycles. The van der Waals surface area contributed by atoms with Gasteiger partial charge in [0.05, 0.1) is 10.6 Å². The molecule has 9 heteroatoms. The number of nitrogens with one attached hydrogen (secondary N) is 1. The van der Waals surface area contributed by atoms with E-state index in [1.807, 2.05) is 29.2 Å². The Bertz CT molecular complexity index is 1300. The van der Waals surface area contributed by atoms with E-state index < -0.39 is 10.0 Å². The van der Waals surface area contributed by atoms with E-state index in [0.717, 1.165) is 44.5 Å². The van der Waals surface area contributed by atoms with Crippen molar-refractivity contribution in [3.05, 3.63) is 81.5 Å². The van der Waals surface area contributed by atoms with Crippen molar-refractivity contribution in [3.63, 3.8) is 0 Å². The number of hydrogen-bond acceptors (Lipinski definition) is 5. The summed E-state index contributed by atoms with van der Waals surface area (Å²) in [4.78, 5) is 16.6. The van der Waals surface area contributed by atoms with Gasteiger partial charge in [0.1, 0.15) is 0 Å². The van der Waals surface area contributed by atoms with E-state index in [1.54, 1.807) is 39.9 Å². The van der Waals surface area contributed by atoms with Crippen LogP contribution in [0.2, 0.25) is 5.02 Å². The van der Waals surface area contributed by atoms with Crippen molar-refractivity contribution in [2.45, 2.75) is 62.0 Å². The van der Waals surface area contributed by atoms with Gasteiger partial charge in [0, 0.05) is 48.0 Å². The summed E-state index contributed by atoms with van der Waals surface area (Å²) in [5.74, 6) is 0.111. The molecule has 1 saturated heterocycles. The van der Waals surface area contributed by atoms with E-state index >= 15 is 0 Å². The summed E-state index contributed by atoms with van der Waals surface area (Å²) >= 11 is 7.77. The number of hydrogen-bond donors (Lipinski definition) is 1. The third-order valence-electron chi connectivity index (χ3n) is 7.36. The van der Waals surface area contributed by atoms with Crippen LogP contribution in [-0.2, 0) is 27.8 Å². The Labute approximate surface area is 228 Å². The number of thiophene rings is 1. The zero-order valence-corrected chi connectivity index (χ0v) is 23.1.